The number of carbonyl (C=O) groups excluding carboxylic acids is 1. The van der Waals surface area contributed by atoms with Crippen LogP contribution in [-0.4, -0.2) is 39.7 Å². The number of rotatable bonds is 4. The normalized spacial score (nSPS) is 20.1. The fraction of sp³-hybridized carbons (Fsp3) is 0.500. The maximum atomic E-state index is 12.1. The smallest absolute Gasteiger partial charge is 0.242 e. The summed E-state index contributed by atoms with van der Waals surface area (Å²) >= 11 is 0. The van der Waals surface area contributed by atoms with Gasteiger partial charge in [-0.3, -0.25) is 4.79 Å². The molecule has 0 radical (unpaired) electrons. The number of carbonyl (C=O) groups is 1. The van der Waals surface area contributed by atoms with Gasteiger partial charge in [-0.25, -0.2) is 4.68 Å². The molecule has 1 aromatic carbocycles. The Labute approximate surface area is 117 Å². The number of fused-ring (bicyclic) bond motifs is 1. The van der Waals surface area contributed by atoms with Crippen LogP contribution in [0.4, 0.5) is 0 Å². The first-order valence-electron chi connectivity index (χ1n) is 6.93. The quantitative estimate of drug-likeness (QED) is 0.907. The number of para-hydroxylation sites is 1. The van der Waals surface area contributed by atoms with Crippen molar-refractivity contribution in [2.75, 3.05) is 6.61 Å². The first-order chi connectivity index (χ1) is 9.74. The maximum absolute atomic E-state index is 12.1. The van der Waals surface area contributed by atoms with Crippen LogP contribution in [0.15, 0.2) is 24.3 Å². The molecule has 1 amide bonds. The monoisotopic (exact) mass is 274 g/mol. The fourth-order valence-electron chi connectivity index (χ4n) is 2.56. The third kappa shape index (κ3) is 2.65. The molecule has 1 aliphatic rings. The highest BCUT2D eigenvalue weighted by Gasteiger charge is 2.23. The van der Waals surface area contributed by atoms with Crippen molar-refractivity contribution in [3.05, 3.63) is 24.3 Å². The van der Waals surface area contributed by atoms with Crippen molar-refractivity contribution in [1.29, 1.82) is 0 Å². The van der Waals surface area contributed by atoms with Gasteiger partial charge in [0, 0.05) is 6.61 Å². The molecule has 106 valence electrons. The molecule has 20 heavy (non-hydrogen) atoms. The molecule has 2 aromatic rings. The highest BCUT2D eigenvalue weighted by atomic mass is 16.5. The minimum absolute atomic E-state index is 0.0276. The van der Waals surface area contributed by atoms with Crippen LogP contribution in [0, 0.1) is 0 Å². The first kappa shape index (κ1) is 13.1. The lowest BCUT2D eigenvalue weighted by molar-refractivity contribution is -0.123. The van der Waals surface area contributed by atoms with Crippen molar-refractivity contribution in [2.45, 2.75) is 38.5 Å². The zero-order valence-corrected chi connectivity index (χ0v) is 11.5. The molecule has 1 aromatic heterocycles. The highest BCUT2D eigenvalue weighted by Crippen LogP contribution is 2.15. The van der Waals surface area contributed by atoms with E-state index in [1.807, 2.05) is 31.2 Å². The van der Waals surface area contributed by atoms with E-state index in [9.17, 15) is 4.79 Å². The van der Waals surface area contributed by atoms with Crippen LogP contribution in [0.2, 0.25) is 0 Å². The average Bonchev–Trinajstić information content (AvgIpc) is 3.09. The molecule has 1 N–H and O–H groups in total. The zero-order valence-electron chi connectivity index (χ0n) is 11.5. The fourth-order valence-corrected chi connectivity index (χ4v) is 2.56. The summed E-state index contributed by atoms with van der Waals surface area (Å²) < 4.78 is 7.19. The molecule has 1 aliphatic heterocycles. The van der Waals surface area contributed by atoms with E-state index in [1.165, 1.54) is 0 Å². The summed E-state index contributed by atoms with van der Waals surface area (Å²) in [6, 6.07) is 7.63. The molecule has 6 heteroatoms. The molecule has 2 heterocycles. The molecule has 3 rings (SSSR count). The van der Waals surface area contributed by atoms with Crippen molar-refractivity contribution in [3.63, 3.8) is 0 Å². The summed E-state index contributed by atoms with van der Waals surface area (Å²) in [6.07, 6.45) is 2.21. The van der Waals surface area contributed by atoms with Crippen LogP contribution < -0.4 is 5.32 Å². The molecule has 0 unspecified atom stereocenters. The molecule has 2 atom stereocenters. The van der Waals surface area contributed by atoms with Crippen LogP contribution in [0.1, 0.15) is 19.8 Å². The lowest BCUT2D eigenvalue weighted by atomic mass is 10.1. The minimum atomic E-state index is -0.0661. The molecular weight excluding hydrogens is 256 g/mol. The molecule has 1 saturated heterocycles. The third-order valence-corrected chi connectivity index (χ3v) is 3.62. The van der Waals surface area contributed by atoms with E-state index >= 15 is 0 Å². The number of nitrogens with zero attached hydrogens (tertiary/aromatic N) is 3. The highest BCUT2D eigenvalue weighted by molar-refractivity contribution is 5.79. The summed E-state index contributed by atoms with van der Waals surface area (Å²) in [5.41, 5.74) is 1.67. The van der Waals surface area contributed by atoms with E-state index in [2.05, 4.69) is 15.6 Å². The Balaban J connectivity index is 1.63. The summed E-state index contributed by atoms with van der Waals surface area (Å²) in [5, 5.41) is 11.0. The molecule has 1 fully saturated rings. The number of amides is 1. The van der Waals surface area contributed by atoms with Crippen LogP contribution >= 0.6 is 0 Å². The predicted octanol–water partition coefficient (Wildman–Crippen LogP) is 1.11. The summed E-state index contributed by atoms with van der Waals surface area (Å²) in [6.45, 7) is 2.95. The average molecular weight is 274 g/mol. The van der Waals surface area contributed by atoms with Gasteiger partial charge in [0.15, 0.2) is 0 Å². The molecule has 0 bridgehead atoms. The number of hydrogen-bond acceptors (Lipinski definition) is 4. The van der Waals surface area contributed by atoms with E-state index in [-0.39, 0.29) is 24.6 Å². The molecular formula is C14H18N4O2. The first-order valence-corrected chi connectivity index (χ1v) is 6.93. The standard InChI is InChI=1S/C14H18N4O2/c1-10(13-7-4-8-20-13)15-14(19)9-18-12-6-3-2-5-11(12)16-17-18/h2-3,5-6,10,13H,4,7-9H2,1H3,(H,15,19)/t10-,13+/m1/s1. The van der Waals surface area contributed by atoms with Crippen LogP contribution in [-0.2, 0) is 16.1 Å². The molecule has 6 nitrogen and oxygen atoms in total. The number of aromatic nitrogens is 3. The number of hydrogen-bond donors (Lipinski definition) is 1. The number of benzene rings is 1. The summed E-state index contributed by atoms with van der Waals surface area (Å²) in [4.78, 5) is 12.1. The Morgan fingerprint density at radius 2 is 2.40 bits per heavy atom. The van der Waals surface area contributed by atoms with Gasteiger partial charge in [-0.2, -0.15) is 0 Å². The Bertz CT molecular complexity index is 604. The number of nitrogens with one attached hydrogen (secondary N) is 1. The van der Waals surface area contributed by atoms with E-state index in [0.29, 0.717) is 0 Å². The minimum Gasteiger partial charge on any atom is -0.376 e. The second kappa shape index (κ2) is 5.58. The van der Waals surface area contributed by atoms with E-state index < -0.39 is 0 Å². The zero-order chi connectivity index (χ0) is 13.9. The van der Waals surface area contributed by atoms with Gasteiger partial charge >= 0.3 is 0 Å². The van der Waals surface area contributed by atoms with Crippen molar-refractivity contribution >= 4 is 16.9 Å². The van der Waals surface area contributed by atoms with Crippen molar-refractivity contribution in [3.8, 4) is 0 Å². The molecule has 0 aliphatic carbocycles. The van der Waals surface area contributed by atoms with Gasteiger partial charge in [-0.05, 0) is 31.9 Å². The van der Waals surface area contributed by atoms with Gasteiger partial charge < -0.3 is 10.1 Å². The van der Waals surface area contributed by atoms with E-state index in [1.54, 1.807) is 4.68 Å². The molecule has 0 saturated carbocycles. The Hall–Kier alpha value is -1.95. The summed E-state index contributed by atoms with van der Waals surface area (Å²) in [7, 11) is 0. The van der Waals surface area contributed by atoms with Gasteiger partial charge in [0.2, 0.25) is 5.91 Å². The largest absolute Gasteiger partial charge is 0.376 e. The Morgan fingerprint density at radius 1 is 1.55 bits per heavy atom. The van der Waals surface area contributed by atoms with Gasteiger partial charge in [0.1, 0.15) is 12.1 Å². The van der Waals surface area contributed by atoms with E-state index in [0.717, 1.165) is 30.5 Å². The van der Waals surface area contributed by atoms with Gasteiger partial charge in [-0.15, -0.1) is 5.10 Å². The van der Waals surface area contributed by atoms with Crippen molar-refractivity contribution < 1.29 is 9.53 Å². The maximum Gasteiger partial charge on any atom is 0.242 e. The van der Waals surface area contributed by atoms with Gasteiger partial charge in [0.25, 0.3) is 0 Å². The SMILES string of the molecule is C[C@@H](NC(=O)Cn1nnc2ccccc21)[C@@H]1CCCO1. The number of ether oxygens (including phenoxy) is 1. The predicted molar refractivity (Wildman–Crippen MR) is 74.1 cm³/mol. The lowest BCUT2D eigenvalue weighted by Gasteiger charge is -2.19. The second-order valence-electron chi connectivity index (χ2n) is 5.14. The van der Waals surface area contributed by atoms with Crippen molar-refractivity contribution in [1.82, 2.24) is 20.3 Å². The Morgan fingerprint density at radius 3 is 3.20 bits per heavy atom. The Kier molecular flexibility index (Phi) is 3.64. The van der Waals surface area contributed by atoms with Crippen LogP contribution in [0.25, 0.3) is 11.0 Å². The second-order valence-corrected chi connectivity index (χ2v) is 5.14. The topological polar surface area (TPSA) is 69.0 Å². The molecule has 0 spiro atoms. The lowest BCUT2D eigenvalue weighted by Crippen LogP contribution is -2.42. The van der Waals surface area contributed by atoms with Crippen LogP contribution in [0.3, 0.4) is 0 Å². The van der Waals surface area contributed by atoms with Crippen molar-refractivity contribution in [2.24, 2.45) is 0 Å². The summed E-state index contributed by atoms with van der Waals surface area (Å²) in [5.74, 6) is -0.0661. The van der Waals surface area contributed by atoms with Gasteiger partial charge in [-0.1, -0.05) is 17.3 Å². The third-order valence-electron chi connectivity index (χ3n) is 3.62. The van der Waals surface area contributed by atoms with Gasteiger partial charge in [0.05, 0.1) is 17.7 Å². The van der Waals surface area contributed by atoms with E-state index in [4.69, 9.17) is 4.74 Å². The van der Waals surface area contributed by atoms with Crippen LogP contribution in [0.5, 0.6) is 0 Å².